The Hall–Kier alpha value is -4.30. The molecule has 0 fully saturated rings. The van der Waals surface area contributed by atoms with E-state index < -0.39 is 0 Å². The second-order valence-corrected chi connectivity index (χ2v) is 10.0. The zero-order valence-electron chi connectivity index (χ0n) is 19.8. The summed E-state index contributed by atoms with van der Waals surface area (Å²) in [6.07, 6.45) is 3.58. The molecule has 0 atom stereocenters. The molecule has 178 valence electrons. The topological polar surface area (TPSA) is 82.3 Å². The van der Waals surface area contributed by atoms with Crippen molar-refractivity contribution >= 4 is 39.0 Å². The molecule has 5 aromatic heterocycles. The van der Waals surface area contributed by atoms with Gasteiger partial charge in [0, 0.05) is 38.8 Å². The van der Waals surface area contributed by atoms with Gasteiger partial charge in [-0.05, 0) is 48.4 Å². The molecule has 0 radical (unpaired) electrons. The van der Waals surface area contributed by atoms with Crippen LogP contribution in [0.5, 0.6) is 0 Å². The minimum atomic E-state index is -0.199. The van der Waals surface area contributed by atoms with E-state index in [1.54, 1.807) is 12.4 Å². The van der Waals surface area contributed by atoms with Crippen molar-refractivity contribution in [3.8, 4) is 33.1 Å². The SMILES string of the molecule is C=C(Nc1cncc(-c2ccc3[nH]nc(-c4cc5c(-c6ccc(F)s6)cccc5[nH]4)c3n2)c1)C(C)C. The van der Waals surface area contributed by atoms with Crippen LogP contribution in [0.1, 0.15) is 13.8 Å². The first kappa shape index (κ1) is 22.2. The number of H-pyrrole nitrogens is 2. The van der Waals surface area contributed by atoms with Gasteiger partial charge in [-0.2, -0.15) is 9.49 Å². The van der Waals surface area contributed by atoms with E-state index >= 15 is 0 Å². The van der Waals surface area contributed by atoms with Gasteiger partial charge in [0.05, 0.1) is 28.8 Å². The van der Waals surface area contributed by atoms with Crippen LogP contribution in [0, 0.1) is 11.0 Å². The summed E-state index contributed by atoms with van der Waals surface area (Å²) >= 11 is 1.14. The fourth-order valence-electron chi connectivity index (χ4n) is 4.18. The van der Waals surface area contributed by atoms with Crippen LogP contribution >= 0.6 is 11.3 Å². The van der Waals surface area contributed by atoms with E-state index in [9.17, 15) is 4.39 Å². The maximum absolute atomic E-state index is 13.7. The summed E-state index contributed by atoms with van der Waals surface area (Å²) in [5, 5.41) is 11.8. The van der Waals surface area contributed by atoms with Crippen molar-refractivity contribution in [1.82, 2.24) is 25.1 Å². The Kier molecular flexibility index (Phi) is 5.38. The molecule has 8 heteroatoms. The van der Waals surface area contributed by atoms with Crippen LogP contribution in [0.25, 0.3) is 55.0 Å². The number of thiophene rings is 1. The van der Waals surface area contributed by atoms with E-state index in [4.69, 9.17) is 4.98 Å². The van der Waals surface area contributed by atoms with E-state index in [-0.39, 0.29) is 5.13 Å². The summed E-state index contributed by atoms with van der Waals surface area (Å²) < 4.78 is 13.7. The standard InChI is InChI=1S/C28H23FN6S/c1-15(2)16(3)31-18-11-17(13-30-14-18)21-7-8-23-27(33-21)28(35-34-23)24-12-20-19(5-4-6-22(20)32-24)25-9-10-26(29)36-25/h4-15,31-32H,3H2,1-2H3,(H,34,35). The molecule has 0 aliphatic heterocycles. The van der Waals surface area contributed by atoms with E-state index in [0.29, 0.717) is 5.92 Å². The van der Waals surface area contributed by atoms with E-state index in [0.717, 1.165) is 77.7 Å². The Morgan fingerprint density at radius 2 is 1.94 bits per heavy atom. The van der Waals surface area contributed by atoms with Gasteiger partial charge in [0.15, 0.2) is 5.13 Å². The first-order chi connectivity index (χ1) is 17.5. The number of halogens is 1. The van der Waals surface area contributed by atoms with Crippen molar-refractivity contribution in [3.05, 3.63) is 84.4 Å². The molecule has 0 saturated heterocycles. The van der Waals surface area contributed by atoms with Crippen molar-refractivity contribution < 1.29 is 4.39 Å². The number of hydrogen-bond donors (Lipinski definition) is 3. The van der Waals surface area contributed by atoms with E-state index in [1.807, 2.05) is 42.5 Å². The zero-order chi connectivity index (χ0) is 24.8. The molecule has 0 spiro atoms. The second kappa shape index (κ2) is 8.73. The first-order valence-electron chi connectivity index (χ1n) is 11.6. The number of nitrogens with one attached hydrogen (secondary N) is 3. The van der Waals surface area contributed by atoms with Crippen LogP contribution in [-0.2, 0) is 0 Å². The predicted octanol–water partition coefficient (Wildman–Crippen LogP) is 7.62. The highest BCUT2D eigenvalue weighted by molar-refractivity contribution is 7.14. The van der Waals surface area contributed by atoms with Gasteiger partial charge in [0.2, 0.25) is 0 Å². The van der Waals surface area contributed by atoms with Crippen molar-refractivity contribution in [2.75, 3.05) is 5.32 Å². The molecule has 6 nitrogen and oxygen atoms in total. The van der Waals surface area contributed by atoms with Gasteiger partial charge in [-0.3, -0.25) is 10.1 Å². The summed E-state index contributed by atoms with van der Waals surface area (Å²) in [5.41, 5.74) is 8.58. The third kappa shape index (κ3) is 3.95. The maximum atomic E-state index is 13.7. The minimum absolute atomic E-state index is 0.199. The molecule has 6 rings (SSSR count). The second-order valence-electron chi connectivity index (χ2n) is 8.99. The first-order valence-corrected chi connectivity index (χ1v) is 12.4. The third-order valence-corrected chi connectivity index (χ3v) is 7.11. The Morgan fingerprint density at radius 3 is 2.75 bits per heavy atom. The number of benzene rings is 1. The van der Waals surface area contributed by atoms with Crippen LogP contribution in [0.3, 0.4) is 0 Å². The van der Waals surface area contributed by atoms with Crippen molar-refractivity contribution in [1.29, 1.82) is 0 Å². The number of aromatic nitrogens is 5. The third-order valence-electron chi connectivity index (χ3n) is 6.20. The van der Waals surface area contributed by atoms with E-state index in [2.05, 4.69) is 52.0 Å². The molecule has 36 heavy (non-hydrogen) atoms. The number of allylic oxidation sites excluding steroid dienone is 1. The lowest BCUT2D eigenvalue weighted by Gasteiger charge is -2.13. The monoisotopic (exact) mass is 494 g/mol. The van der Waals surface area contributed by atoms with E-state index in [1.165, 1.54) is 6.07 Å². The molecule has 0 saturated carbocycles. The lowest BCUT2D eigenvalue weighted by Crippen LogP contribution is -2.04. The quantitative estimate of drug-likeness (QED) is 0.222. The minimum Gasteiger partial charge on any atom is -0.358 e. The smallest absolute Gasteiger partial charge is 0.176 e. The Morgan fingerprint density at radius 1 is 1.06 bits per heavy atom. The zero-order valence-corrected chi connectivity index (χ0v) is 20.6. The van der Waals surface area contributed by atoms with Gasteiger partial charge >= 0.3 is 0 Å². The molecule has 0 bridgehead atoms. The summed E-state index contributed by atoms with van der Waals surface area (Å²) in [6, 6.07) is 17.3. The highest BCUT2D eigenvalue weighted by Gasteiger charge is 2.16. The summed E-state index contributed by atoms with van der Waals surface area (Å²) in [5.74, 6) is 0.312. The summed E-state index contributed by atoms with van der Waals surface area (Å²) in [7, 11) is 0. The van der Waals surface area contributed by atoms with Crippen LogP contribution in [0.4, 0.5) is 10.1 Å². The van der Waals surface area contributed by atoms with Crippen LogP contribution in [-0.4, -0.2) is 25.1 Å². The molecule has 0 unspecified atom stereocenters. The molecule has 0 aliphatic carbocycles. The number of hydrogen-bond acceptors (Lipinski definition) is 5. The maximum Gasteiger partial charge on any atom is 0.176 e. The molecule has 0 amide bonds. The van der Waals surface area contributed by atoms with Gasteiger partial charge < -0.3 is 10.3 Å². The highest BCUT2D eigenvalue weighted by Crippen LogP contribution is 2.36. The number of nitrogens with zero attached hydrogens (tertiary/aromatic N) is 3. The summed E-state index contributed by atoms with van der Waals surface area (Å²) in [6.45, 7) is 8.27. The average molecular weight is 495 g/mol. The van der Waals surface area contributed by atoms with Gasteiger partial charge in [-0.25, -0.2) is 4.98 Å². The van der Waals surface area contributed by atoms with Crippen LogP contribution < -0.4 is 5.32 Å². The average Bonchev–Trinajstić information content (AvgIpc) is 3.61. The Labute approximate surface area is 211 Å². The number of pyridine rings is 2. The fourth-order valence-corrected chi connectivity index (χ4v) is 4.95. The van der Waals surface area contributed by atoms with Crippen LogP contribution in [0.15, 0.2) is 79.3 Å². The molecular weight excluding hydrogens is 471 g/mol. The Balaban J connectivity index is 1.41. The van der Waals surface area contributed by atoms with Gasteiger partial charge in [0.25, 0.3) is 0 Å². The number of anilines is 1. The summed E-state index contributed by atoms with van der Waals surface area (Å²) in [4.78, 5) is 13.7. The van der Waals surface area contributed by atoms with Gasteiger partial charge in [-0.15, -0.1) is 11.3 Å². The van der Waals surface area contributed by atoms with Gasteiger partial charge in [0.1, 0.15) is 11.2 Å². The van der Waals surface area contributed by atoms with Crippen LogP contribution in [0.2, 0.25) is 0 Å². The largest absolute Gasteiger partial charge is 0.358 e. The van der Waals surface area contributed by atoms with Crippen molar-refractivity contribution in [2.24, 2.45) is 5.92 Å². The molecule has 6 aromatic rings. The molecule has 0 aliphatic rings. The van der Waals surface area contributed by atoms with Gasteiger partial charge in [-0.1, -0.05) is 32.6 Å². The molecule has 3 N–H and O–H groups in total. The molecule has 5 heterocycles. The lowest BCUT2D eigenvalue weighted by atomic mass is 10.1. The van der Waals surface area contributed by atoms with Crippen molar-refractivity contribution in [3.63, 3.8) is 0 Å². The number of fused-ring (bicyclic) bond motifs is 2. The lowest BCUT2D eigenvalue weighted by molar-refractivity contribution is 0.657. The normalized spacial score (nSPS) is 11.6. The molecular formula is C28H23FN6S. The fraction of sp³-hybridized carbons (Fsp3) is 0.107. The Bertz CT molecular complexity index is 1740. The predicted molar refractivity (Wildman–Crippen MR) is 145 cm³/mol. The molecule has 1 aromatic carbocycles. The highest BCUT2D eigenvalue weighted by atomic mass is 32.1. The van der Waals surface area contributed by atoms with Crippen molar-refractivity contribution in [2.45, 2.75) is 13.8 Å². The number of rotatable bonds is 6. The number of aromatic amines is 2.